The highest BCUT2D eigenvalue weighted by atomic mass is 16.5. The van der Waals surface area contributed by atoms with Crippen molar-refractivity contribution in [3.8, 4) is 5.75 Å². The molecule has 0 aliphatic carbocycles. The molecule has 0 fully saturated rings. The van der Waals surface area contributed by atoms with Gasteiger partial charge in [-0.25, -0.2) is 0 Å². The molecule has 142 valence electrons. The summed E-state index contributed by atoms with van der Waals surface area (Å²) >= 11 is 0. The first kappa shape index (κ1) is 19.0. The minimum absolute atomic E-state index is 0.111. The van der Waals surface area contributed by atoms with Gasteiger partial charge < -0.3 is 19.8 Å². The minimum atomic E-state index is -0.455. The van der Waals surface area contributed by atoms with Gasteiger partial charge in [-0.2, -0.15) is 0 Å². The van der Waals surface area contributed by atoms with E-state index in [1.54, 1.807) is 74.7 Å². The zero-order valence-electron chi connectivity index (χ0n) is 15.6. The lowest BCUT2D eigenvalue weighted by atomic mass is 10.1. The lowest BCUT2D eigenvalue weighted by molar-refractivity contribution is -0.113. The minimum Gasteiger partial charge on any atom is -0.497 e. The monoisotopic (exact) mass is 376 g/mol. The standard InChI is InChI=1S/C22H20N2O4/c1-15(19-9-6-14-28-19)20(24-21(25)16-7-4-3-5-8-16)22(26)23-17-10-12-18(27-2)13-11-17/h3-14H,1-2H3,(H,23,26)(H,24,25). The number of rotatable bonds is 6. The number of allylic oxidation sites excluding steroid dienone is 1. The number of methoxy groups -OCH3 is 1. The normalized spacial score (nSPS) is 11.4. The van der Waals surface area contributed by atoms with Crippen molar-refractivity contribution < 1.29 is 18.7 Å². The summed E-state index contributed by atoms with van der Waals surface area (Å²) in [5.74, 6) is 0.334. The molecule has 0 aliphatic rings. The van der Waals surface area contributed by atoms with Gasteiger partial charge >= 0.3 is 0 Å². The summed E-state index contributed by atoms with van der Waals surface area (Å²) in [7, 11) is 1.57. The van der Waals surface area contributed by atoms with Crippen molar-refractivity contribution in [3.63, 3.8) is 0 Å². The van der Waals surface area contributed by atoms with Crippen LogP contribution in [0.3, 0.4) is 0 Å². The smallest absolute Gasteiger partial charge is 0.272 e. The molecule has 0 bridgehead atoms. The van der Waals surface area contributed by atoms with Gasteiger partial charge in [0.25, 0.3) is 11.8 Å². The van der Waals surface area contributed by atoms with Crippen molar-refractivity contribution >= 4 is 23.1 Å². The number of carbonyl (C=O) groups excluding carboxylic acids is 2. The molecule has 0 aliphatic heterocycles. The highest BCUT2D eigenvalue weighted by Gasteiger charge is 2.19. The van der Waals surface area contributed by atoms with Crippen LogP contribution in [0.4, 0.5) is 5.69 Å². The Morgan fingerprint density at radius 1 is 0.929 bits per heavy atom. The summed E-state index contributed by atoms with van der Waals surface area (Å²) in [6, 6.07) is 19.0. The molecule has 0 saturated heterocycles. The zero-order valence-corrected chi connectivity index (χ0v) is 15.6. The SMILES string of the molecule is COc1ccc(NC(=O)C(NC(=O)c2ccccc2)=C(C)c2ccco2)cc1. The van der Waals surface area contributed by atoms with Gasteiger partial charge in [0.15, 0.2) is 0 Å². The highest BCUT2D eigenvalue weighted by molar-refractivity contribution is 6.12. The number of benzene rings is 2. The Bertz CT molecular complexity index is 975. The fourth-order valence-corrected chi connectivity index (χ4v) is 2.58. The van der Waals surface area contributed by atoms with E-state index in [4.69, 9.17) is 9.15 Å². The van der Waals surface area contributed by atoms with Gasteiger partial charge in [0.2, 0.25) is 0 Å². The largest absolute Gasteiger partial charge is 0.497 e. The average Bonchev–Trinajstić information content (AvgIpc) is 3.27. The van der Waals surface area contributed by atoms with E-state index in [1.165, 1.54) is 6.26 Å². The number of hydrogen-bond donors (Lipinski definition) is 2. The maximum absolute atomic E-state index is 12.9. The van der Waals surface area contributed by atoms with E-state index < -0.39 is 5.91 Å². The lowest BCUT2D eigenvalue weighted by Gasteiger charge is -2.14. The molecule has 3 aromatic rings. The molecule has 2 N–H and O–H groups in total. The Morgan fingerprint density at radius 3 is 2.25 bits per heavy atom. The van der Waals surface area contributed by atoms with Crippen LogP contribution in [0.5, 0.6) is 5.75 Å². The van der Waals surface area contributed by atoms with Crippen LogP contribution in [-0.2, 0) is 4.79 Å². The Balaban J connectivity index is 1.88. The van der Waals surface area contributed by atoms with Crippen LogP contribution < -0.4 is 15.4 Å². The molecule has 6 heteroatoms. The third kappa shape index (κ3) is 4.48. The first-order valence-electron chi connectivity index (χ1n) is 8.65. The van der Waals surface area contributed by atoms with Gasteiger partial charge in [-0.1, -0.05) is 18.2 Å². The number of nitrogens with one attached hydrogen (secondary N) is 2. The molecule has 0 unspecified atom stereocenters. The van der Waals surface area contributed by atoms with Crippen molar-refractivity contribution in [1.82, 2.24) is 5.32 Å². The summed E-state index contributed by atoms with van der Waals surface area (Å²) in [4.78, 5) is 25.5. The van der Waals surface area contributed by atoms with E-state index in [0.29, 0.717) is 28.3 Å². The summed E-state index contributed by atoms with van der Waals surface area (Å²) in [6.45, 7) is 1.72. The van der Waals surface area contributed by atoms with E-state index in [1.807, 2.05) is 6.07 Å². The van der Waals surface area contributed by atoms with Crippen molar-refractivity contribution in [2.75, 3.05) is 12.4 Å². The second-order valence-corrected chi connectivity index (χ2v) is 5.98. The Kier molecular flexibility index (Phi) is 5.91. The summed E-state index contributed by atoms with van der Waals surface area (Å²) < 4.78 is 10.5. The van der Waals surface area contributed by atoms with Gasteiger partial charge in [-0.15, -0.1) is 0 Å². The Hall–Kier alpha value is -3.80. The third-order valence-corrected chi connectivity index (χ3v) is 4.12. The van der Waals surface area contributed by atoms with Crippen molar-refractivity contribution in [2.45, 2.75) is 6.92 Å². The molecule has 6 nitrogen and oxygen atoms in total. The number of ether oxygens (including phenoxy) is 1. The molecule has 0 spiro atoms. The van der Waals surface area contributed by atoms with Gasteiger partial charge in [0.05, 0.1) is 13.4 Å². The predicted molar refractivity (Wildman–Crippen MR) is 107 cm³/mol. The fourth-order valence-electron chi connectivity index (χ4n) is 2.58. The number of furan rings is 1. The van der Waals surface area contributed by atoms with E-state index in [0.717, 1.165) is 0 Å². The molecule has 1 aromatic heterocycles. The van der Waals surface area contributed by atoms with E-state index in [-0.39, 0.29) is 11.6 Å². The number of anilines is 1. The van der Waals surface area contributed by atoms with Crippen LogP contribution in [-0.4, -0.2) is 18.9 Å². The van der Waals surface area contributed by atoms with Crippen LogP contribution in [0.15, 0.2) is 83.1 Å². The Morgan fingerprint density at radius 2 is 1.64 bits per heavy atom. The molecule has 2 amide bonds. The molecule has 2 aromatic carbocycles. The van der Waals surface area contributed by atoms with Gasteiger partial charge in [0.1, 0.15) is 17.2 Å². The first-order valence-corrected chi connectivity index (χ1v) is 8.65. The van der Waals surface area contributed by atoms with Gasteiger partial charge in [-0.05, 0) is 55.5 Å². The van der Waals surface area contributed by atoms with Crippen molar-refractivity contribution in [1.29, 1.82) is 0 Å². The number of carbonyl (C=O) groups is 2. The molecule has 3 rings (SSSR count). The van der Waals surface area contributed by atoms with Crippen LogP contribution in [0.2, 0.25) is 0 Å². The number of amides is 2. The van der Waals surface area contributed by atoms with E-state index >= 15 is 0 Å². The number of hydrogen-bond acceptors (Lipinski definition) is 4. The van der Waals surface area contributed by atoms with Crippen LogP contribution in [0.25, 0.3) is 5.57 Å². The second kappa shape index (κ2) is 8.73. The Labute approximate surface area is 162 Å². The van der Waals surface area contributed by atoms with Crippen LogP contribution in [0, 0.1) is 0 Å². The zero-order chi connectivity index (χ0) is 19.9. The van der Waals surface area contributed by atoms with E-state index in [9.17, 15) is 9.59 Å². The summed E-state index contributed by atoms with van der Waals surface area (Å²) in [5.41, 5.74) is 1.65. The topological polar surface area (TPSA) is 80.6 Å². The lowest BCUT2D eigenvalue weighted by Crippen LogP contribution is -2.31. The van der Waals surface area contributed by atoms with Gasteiger partial charge in [0, 0.05) is 16.8 Å². The van der Waals surface area contributed by atoms with Crippen LogP contribution >= 0.6 is 0 Å². The fraction of sp³-hybridized carbons (Fsp3) is 0.0909. The van der Waals surface area contributed by atoms with E-state index in [2.05, 4.69) is 10.6 Å². The summed E-state index contributed by atoms with van der Waals surface area (Å²) in [5, 5.41) is 5.49. The predicted octanol–water partition coefficient (Wildman–Crippen LogP) is 4.09. The highest BCUT2D eigenvalue weighted by Crippen LogP contribution is 2.20. The average molecular weight is 376 g/mol. The molecule has 28 heavy (non-hydrogen) atoms. The molecule has 0 saturated carbocycles. The van der Waals surface area contributed by atoms with Crippen LogP contribution in [0.1, 0.15) is 23.0 Å². The van der Waals surface area contributed by atoms with Crippen molar-refractivity contribution in [2.24, 2.45) is 0 Å². The third-order valence-electron chi connectivity index (χ3n) is 4.12. The molecule has 0 atom stereocenters. The first-order chi connectivity index (χ1) is 13.6. The molecular formula is C22H20N2O4. The molecule has 0 radical (unpaired) electrons. The maximum atomic E-state index is 12.9. The summed E-state index contributed by atoms with van der Waals surface area (Å²) in [6.07, 6.45) is 1.51. The second-order valence-electron chi connectivity index (χ2n) is 5.98. The molecule has 1 heterocycles. The van der Waals surface area contributed by atoms with Gasteiger partial charge in [-0.3, -0.25) is 9.59 Å². The molecular weight excluding hydrogens is 356 g/mol. The van der Waals surface area contributed by atoms with Crippen molar-refractivity contribution in [3.05, 3.63) is 90.0 Å². The maximum Gasteiger partial charge on any atom is 0.272 e. The quantitative estimate of drug-likeness (QED) is 0.635.